The molecule has 1 fully saturated rings. The highest BCUT2D eigenvalue weighted by molar-refractivity contribution is 6.35. The number of hydrogen-bond donors (Lipinski definition) is 2. The molecule has 0 spiro atoms. The number of benzene rings is 1. The molecule has 1 amide bonds. The molecule has 6 heteroatoms. The molecular formula is C9H8Cl2N2O2. The second-order valence-electron chi connectivity index (χ2n) is 3.19. The highest BCUT2D eigenvalue weighted by Gasteiger charge is 2.31. The first-order valence-electron chi connectivity index (χ1n) is 4.29. The maximum Gasteiger partial charge on any atom is 0.261 e. The van der Waals surface area contributed by atoms with Crippen LogP contribution in [0.1, 0.15) is 11.7 Å². The maximum absolute atomic E-state index is 11.1. The summed E-state index contributed by atoms with van der Waals surface area (Å²) in [5.41, 5.74) is 0.620. The summed E-state index contributed by atoms with van der Waals surface area (Å²) in [7, 11) is 0. The van der Waals surface area contributed by atoms with E-state index in [1.807, 2.05) is 0 Å². The Bertz CT molecular complexity index is 411. The van der Waals surface area contributed by atoms with Gasteiger partial charge >= 0.3 is 0 Å². The van der Waals surface area contributed by atoms with E-state index in [9.17, 15) is 10.0 Å². The van der Waals surface area contributed by atoms with E-state index in [1.165, 1.54) is 0 Å². The summed E-state index contributed by atoms with van der Waals surface area (Å²) < 4.78 is 0. The van der Waals surface area contributed by atoms with Gasteiger partial charge in [0.2, 0.25) is 0 Å². The molecule has 1 aromatic carbocycles. The molecule has 1 aromatic rings. The van der Waals surface area contributed by atoms with Gasteiger partial charge in [0.1, 0.15) is 6.17 Å². The summed E-state index contributed by atoms with van der Waals surface area (Å²) in [5.74, 6) is -0.383. The molecule has 1 saturated heterocycles. The van der Waals surface area contributed by atoms with Crippen molar-refractivity contribution in [3.8, 4) is 0 Å². The lowest BCUT2D eigenvalue weighted by atomic mass is 10.2. The number of amides is 1. The highest BCUT2D eigenvalue weighted by atomic mass is 35.5. The van der Waals surface area contributed by atoms with Crippen LogP contribution in [0.5, 0.6) is 0 Å². The van der Waals surface area contributed by atoms with Gasteiger partial charge in [-0.25, -0.2) is 5.06 Å². The maximum atomic E-state index is 11.1. The molecule has 1 heterocycles. The largest absolute Gasteiger partial charge is 0.284 e. The van der Waals surface area contributed by atoms with Gasteiger partial charge in [-0.1, -0.05) is 29.3 Å². The van der Waals surface area contributed by atoms with Crippen LogP contribution in [0, 0.1) is 0 Å². The van der Waals surface area contributed by atoms with Gasteiger partial charge in [0, 0.05) is 15.6 Å². The van der Waals surface area contributed by atoms with E-state index in [4.69, 9.17) is 23.2 Å². The smallest absolute Gasteiger partial charge is 0.261 e. The van der Waals surface area contributed by atoms with E-state index in [0.29, 0.717) is 20.7 Å². The number of hydroxylamine groups is 2. The summed E-state index contributed by atoms with van der Waals surface area (Å²) in [5, 5.41) is 13.8. The minimum absolute atomic E-state index is 0.0973. The molecule has 0 radical (unpaired) electrons. The Morgan fingerprint density at radius 2 is 2.20 bits per heavy atom. The van der Waals surface area contributed by atoms with Crippen molar-refractivity contribution in [3.05, 3.63) is 33.8 Å². The monoisotopic (exact) mass is 246 g/mol. The zero-order valence-corrected chi connectivity index (χ0v) is 9.09. The zero-order chi connectivity index (χ0) is 11.0. The highest BCUT2D eigenvalue weighted by Crippen LogP contribution is 2.29. The zero-order valence-electron chi connectivity index (χ0n) is 7.58. The predicted molar refractivity (Wildman–Crippen MR) is 55.8 cm³/mol. The first-order valence-corrected chi connectivity index (χ1v) is 5.04. The van der Waals surface area contributed by atoms with Gasteiger partial charge in [-0.3, -0.25) is 15.3 Å². The molecule has 1 aliphatic rings. The summed E-state index contributed by atoms with van der Waals surface area (Å²) >= 11 is 11.7. The number of nitrogens with zero attached hydrogens (tertiary/aromatic N) is 1. The van der Waals surface area contributed by atoms with Crippen molar-refractivity contribution < 1.29 is 10.0 Å². The van der Waals surface area contributed by atoms with Crippen molar-refractivity contribution in [3.63, 3.8) is 0 Å². The number of carbonyl (C=O) groups is 1. The van der Waals surface area contributed by atoms with E-state index < -0.39 is 6.17 Å². The molecule has 1 atom stereocenters. The van der Waals surface area contributed by atoms with Crippen molar-refractivity contribution in [1.82, 2.24) is 10.4 Å². The Hall–Kier alpha value is -0.810. The Kier molecular flexibility index (Phi) is 2.84. The van der Waals surface area contributed by atoms with Gasteiger partial charge < -0.3 is 0 Å². The van der Waals surface area contributed by atoms with Gasteiger partial charge in [0.15, 0.2) is 0 Å². The van der Waals surface area contributed by atoms with Gasteiger partial charge in [-0.2, -0.15) is 0 Å². The van der Waals surface area contributed by atoms with Crippen molar-refractivity contribution in [1.29, 1.82) is 0 Å². The normalized spacial score (nSPS) is 21.1. The van der Waals surface area contributed by atoms with Crippen molar-refractivity contribution >= 4 is 29.1 Å². The number of nitrogens with one attached hydrogen (secondary N) is 1. The molecule has 4 nitrogen and oxygen atoms in total. The Balaban J connectivity index is 2.34. The van der Waals surface area contributed by atoms with Gasteiger partial charge in [0.05, 0.1) is 6.54 Å². The van der Waals surface area contributed by atoms with Gasteiger partial charge in [-0.15, -0.1) is 0 Å². The fourth-order valence-electron chi connectivity index (χ4n) is 1.46. The summed E-state index contributed by atoms with van der Waals surface area (Å²) in [6, 6.07) is 4.89. The van der Waals surface area contributed by atoms with Crippen LogP contribution in [-0.4, -0.2) is 22.7 Å². The van der Waals surface area contributed by atoms with Gasteiger partial charge in [-0.05, 0) is 12.1 Å². The minimum Gasteiger partial charge on any atom is -0.284 e. The van der Waals surface area contributed by atoms with E-state index in [-0.39, 0.29) is 12.5 Å². The van der Waals surface area contributed by atoms with Crippen LogP contribution >= 0.6 is 23.2 Å². The first kappa shape index (κ1) is 10.7. The Morgan fingerprint density at radius 3 is 2.73 bits per heavy atom. The molecule has 0 bridgehead atoms. The van der Waals surface area contributed by atoms with Crippen molar-refractivity contribution in [2.24, 2.45) is 0 Å². The van der Waals surface area contributed by atoms with Crippen LogP contribution in [0.2, 0.25) is 10.0 Å². The fraction of sp³-hybridized carbons (Fsp3) is 0.222. The topological polar surface area (TPSA) is 52.6 Å². The molecule has 80 valence electrons. The lowest BCUT2D eigenvalue weighted by Gasteiger charge is -2.18. The molecule has 1 aliphatic heterocycles. The molecule has 0 aromatic heterocycles. The minimum atomic E-state index is -0.595. The average Bonchev–Trinajstić information content (AvgIpc) is 2.49. The van der Waals surface area contributed by atoms with Crippen LogP contribution in [0.15, 0.2) is 18.2 Å². The van der Waals surface area contributed by atoms with Crippen molar-refractivity contribution in [2.75, 3.05) is 6.54 Å². The van der Waals surface area contributed by atoms with E-state index in [1.54, 1.807) is 18.2 Å². The van der Waals surface area contributed by atoms with E-state index >= 15 is 0 Å². The number of halogens is 2. The summed E-state index contributed by atoms with van der Waals surface area (Å²) in [6.45, 7) is 0.0973. The quantitative estimate of drug-likeness (QED) is 0.744. The third-order valence-corrected chi connectivity index (χ3v) is 2.77. The fourth-order valence-corrected chi connectivity index (χ4v) is 1.97. The van der Waals surface area contributed by atoms with Crippen molar-refractivity contribution in [2.45, 2.75) is 6.17 Å². The number of rotatable bonds is 1. The van der Waals surface area contributed by atoms with Crippen LogP contribution < -0.4 is 5.32 Å². The Labute approximate surface area is 96.3 Å². The lowest BCUT2D eigenvalue weighted by Crippen LogP contribution is -2.26. The van der Waals surface area contributed by atoms with Crippen LogP contribution in [0.4, 0.5) is 0 Å². The molecule has 0 aliphatic carbocycles. The molecule has 15 heavy (non-hydrogen) atoms. The second-order valence-corrected chi connectivity index (χ2v) is 4.03. The number of hydrogen-bond acceptors (Lipinski definition) is 3. The Morgan fingerprint density at radius 1 is 1.47 bits per heavy atom. The van der Waals surface area contributed by atoms with Gasteiger partial charge in [0.25, 0.3) is 5.91 Å². The lowest BCUT2D eigenvalue weighted by molar-refractivity contribution is -0.165. The predicted octanol–water partition coefficient (Wildman–Crippen LogP) is 1.81. The summed E-state index contributed by atoms with van der Waals surface area (Å²) in [4.78, 5) is 11.1. The molecule has 2 rings (SSSR count). The molecular weight excluding hydrogens is 239 g/mol. The first-order chi connectivity index (χ1) is 7.09. The molecule has 0 saturated carbocycles. The molecule has 2 N–H and O–H groups in total. The van der Waals surface area contributed by atoms with Crippen LogP contribution in [0.3, 0.4) is 0 Å². The van der Waals surface area contributed by atoms with Crippen LogP contribution in [-0.2, 0) is 4.79 Å². The third kappa shape index (κ3) is 1.94. The van der Waals surface area contributed by atoms with E-state index in [0.717, 1.165) is 0 Å². The number of carbonyl (C=O) groups excluding carboxylic acids is 1. The average molecular weight is 247 g/mol. The second kappa shape index (κ2) is 3.98. The SMILES string of the molecule is O=C1CN[C@@H](c2ccc(Cl)cc2Cl)N1O. The standard InChI is InChI=1S/C9H8Cl2N2O2/c10-5-1-2-6(7(11)3-5)9-12-4-8(14)13(9)15/h1-3,9,12,15H,4H2/t9-/m1/s1. The summed E-state index contributed by atoms with van der Waals surface area (Å²) in [6.07, 6.45) is -0.595. The van der Waals surface area contributed by atoms with E-state index in [2.05, 4.69) is 5.32 Å². The van der Waals surface area contributed by atoms with Crippen LogP contribution in [0.25, 0.3) is 0 Å². The molecule has 0 unspecified atom stereocenters. The third-order valence-electron chi connectivity index (χ3n) is 2.20.